The molecule has 35 heavy (non-hydrogen) atoms. The van der Waals surface area contributed by atoms with E-state index in [1.807, 2.05) is 0 Å². The summed E-state index contributed by atoms with van der Waals surface area (Å²) in [7, 11) is 0. The topological polar surface area (TPSA) is 76.4 Å². The Morgan fingerprint density at radius 3 is 2.29 bits per heavy atom. The standard InChI is InChI=1S/C24H16Cl2F3N3O3/c1-13-21(23(34)30-15-3-9-18(10-4-15)35-24(27,28)29)31-22(19-11-2-14(25)12-20(19)26)32(13)16-5-7-17(33)8-6-16/h2-12,33H,1H3,(H,30,34). The summed E-state index contributed by atoms with van der Waals surface area (Å²) < 4.78 is 42.7. The molecular weight excluding hydrogens is 506 g/mol. The lowest BCUT2D eigenvalue weighted by molar-refractivity contribution is -0.274. The van der Waals surface area contributed by atoms with Crippen molar-refractivity contribution in [2.45, 2.75) is 13.3 Å². The van der Waals surface area contributed by atoms with Crippen molar-refractivity contribution < 1.29 is 27.8 Å². The Morgan fingerprint density at radius 2 is 1.69 bits per heavy atom. The molecule has 0 saturated heterocycles. The number of rotatable bonds is 5. The third kappa shape index (κ3) is 5.52. The van der Waals surface area contributed by atoms with Crippen LogP contribution in [0.25, 0.3) is 17.1 Å². The molecule has 0 unspecified atom stereocenters. The van der Waals surface area contributed by atoms with E-state index in [4.69, 9.17) is 23.2 Å². The van der Waals surface area contributed by atoms with E-state index in [2.05, 4.69) is 15.0 Å². The van der Waals surface area contributed by atoms with Crippen LogP contribution in [0.4, 0.5) is 18.9 Å². The summed E-state index contributed by atoms with van der Waals surface area (Å²) in [5, 5.41) is 13.0. The van der Waals surface area contributed by atoms with Gasteiger partial charge in [0.25, 0.3) is 5.91 Å². The Labute approximate surface area is 207 Å². The van der Waals surface area contributed by atoms with E-state index in [0.29, 0.717) is 32.8 Å². The smallest absolute Gasteiger partial charge is 0.508 e. The monoisotopic (exact) mass is 521 g/mol. The van der Waals surface area contributed by atoms with E-state index in [0.717, 1.165) is 12.1 Å². The van der Waals surface area contributed by atoms with Gasteiger partial charge in [0.15, 0.2) is 5.69 Å². The van der Waals surface area contributed by atoms with E-state index in [-0.39, 0.29) is 17.1 Å². The highest BCUT2D eigenvalue weighted by Gasteiger charge is 2.31. The number of phenols is 1. The fourth-order valence-corrected chi connectivity index (χ4v) is 3.91. The number of carbonyl (C=O) groups is 1. The molecule has 0 aliphatic carbocycles. The number of carbonyl (C=O) groups excluding carboxylic acids is 1. The van der Waals surface area contributed by atoms with Gasteiger partial charge in [0.05, 0.1) is 10.7 Å². The molecule has 1 heterocycles. The van der Waals surface area contributed by atoms with E-state index in [9.17, 15) is 23.1 Å². The van der Waals surface area contributed by atoms with Crippen LogP contribution in [0.2, 0.25) is 10.0 Å². The molecule has 1 aromatic heterocycles. The van der Waals surface area contributed by atoms with Gasteiger partial charge in [-0.05, 0) is 73.7 Å². The number of halogens is 5. The highest BCUT2D eigenvalue weighted by Crippen LogP contribution is 2.34. The van der Waals surface area contributed by atoms with Gasteiger partial charge < -0.3 is 15.2 Å². The third-order valence-corrected chi connectivity index (χ3v) is 5.50. The number of anilines is 1. The molecule has 0 atom stereocenters. The van der Waals surface area contributed by atoms with Crippen molar-refractivity contribution in [3.8, 4) is 28.6 Å². The number of aromatic hydroxyl groups is 1. The second kappa shape index (κ2) is 9.52. The zero-order valence-electron chi connectivity index (χ0n) is 17.9. The van der Waals surface area contributed by atoms with Gasteiger partial charge in [-0.1, -0.05) is 23.2 Å². The molecule has 0 aliphatic heterocycles. The fraction of sp³-hybridized carbons (Fsp3) is 0.0833. The third-order valence-electron chi connectivity index (χ3n) is 4.95. The maximum atomic E-state index is 13.1. The number of nitrogens with zero attached hydrogens (tertiary/aromatic N) is 2. The second-order valence-electron chi connectivity index (χ2n) is 7.37. The number of aromatic nitrogens is 2. The van der Waals surface area contributed by atoms with Gasteiger partial charge in [-0.15, -0.1) is 13.2 Å². The molecular formula is C24H16Cl2F3N3O3. The number of alkyl halides is 3. The fourth-order valence-electron chi connectivity index (χ4n) is 3.42. The molecule has 6 nitrogen and oxygen atoms in total. The van der Waals surface area contributed by atoms with Crippen molar-refractivity contribution in [2.24, 2.45) is 0 Å². The van der Waals surface area contributed by atoms with Crippen LogP contribution in [0.3, 0.4) is 0 Å². The van der Waals surface area contributed by atoms with Gasteiger partial charge in [-0.2, -0.15) is 0 Å². The first-order chi connectivity index (χ1) is 16.5. The number of phenolic OH excluding ortho intramolecular Hbond substituents is 1. The molecule has 0 saturated carbocycles. The Hall–Kier alpha value is -3.69. The number of hydrogen-bond acceptors (Lipinski definition) is 4. The van der Waals surface area contributed by atoms with E-state index >= 15 is 0 Å². The number of nitrogens with one attached hydrogen (secondary N) is 1. The molecule has 0 aliphatic rings. The van der Waals surface area contributed by atoms with Gasteiger partial charge in [0.1, 0.15) is 17.3 Å². The van der Waals surface area contributed by atoms with Crippen LogP contribution in [0.1, 0.15) is 16.2 Å². The first-order valence-corrected chi connectivity index (χ1v) is 10.8. The van der Waals surface area contributed by atoms with E-state index < -0.39 is 18.0 Å². The number of benzene rings is 3. The quantitative estimate of drug-likeness (QED) is 0.296. The molecule has 3 aromatic carbocycles. The molecule has 1 amide bonds. The van der Waals surface area contributed by atoms with E-state index in [1.54, 1.807) is 41.8 Å². The second-order valence-corrected chi connectivity index (χ2v) is 8.22. The summed E-state index contributed by atoms with van der Waals surface area (Å²) >= 11 is 12.4. The lowest BCUT2D eigenvalue weighted by Gasteiger charge is -2.12. The van der Waals surface area contributed by atoms with Gasteiger partial charge in [-0.25, -0.2) is 4.98 Å². The molecule has 2 N–H and O–H groups in total. The molecule has 0 spiro atoms. The summed E-state index contributed by atoms with van der Waals surface area (Å²) in [6.07, 6.45) is -4.82. The molecule has 4 aromatic rings. The Bertz CT molecular complexity index is 1390. The number of imidazole rings is 1. The minimum absolute atomic E-state index is 0.0634. The lowest BCUT2D eigenvalue weighted by atomic mass is 10.2. The average Bonchev–Trinajstić information content (AvgIpc) is 3.11. The molecule has 11 heteroatoms. The highest BCUT2D eigenvalue weighted by molar-refractivity contribution is 6.36. The zero-order chi connectivity index (χ0) is 25.3. The van der Waals surface area contributed by atoms with Gasteiger partial charge in [-0.3, -0.25) is 9.36 Å². The maximum absolute atomic E-state index is 13.1. The van der Waals surface area contributed by atoms with Crippen LogP contribution in [-0.4, -0.2) is 26.9 Å². The summed E-state index contributed by atoms with van der Waals surface area (Å²) in [5.41, 5.74) is 1.90. The number of amides is 1. The van der Waals surface area contributed by atoms with Crippen LogP contribution >= 0.6 is 23.2 Å². The predicted octanol–water partition coefficient (Wildman–Crippen LogP) is 7.01. The van der Waals surface area contributed by atoms with Crippen LogP contribution in [0.15, 0.2) is 66.7 Å². The van der Waals surface area contributed by atoms with Crippen LogP contribution in [0.5, 0.6) is 11.5 Å². The lowest BCUT2D eigenvalue weighted by Crippen LogP contribution is -2.17. The van der Waals surface area contributed by atoms with Crippen molar-refractivity contribution >= 4 is 34.8 Å². The van der Waals surface area contributed by atoms with Crippen LogP contribution < -0.4 is 10.1 Å². The molecule has 0 radical (unpaired) electrons. The highest BCUT2D eigenvalue weighted by atomic mass is 35.5. The Kier molecular flexibility index (Phi) is 6.64. The normalized spacial score (nSPS) is 11.4. The van der Waals surface area contributed by atoms with Crippen molar-refractivity contribution in [3.05, 3.63) is 88.2 Å². The predicted molar refractivity (Wildman–Crippen MR) is 126 cm³/mol. The Balaban J connectivity index is 1.72. The van der Waals surface area contributed by atoms with Crippen molar-refractivity contribution in [2.75, 3.05) is 5.32 Å². The average molecular weight is 522 g/mol. The minimum atomic E-state index is -4.82. The zero-order valence-corrected chi connectivity index (χ0v) is 19.4. The summed E-state index contributed by atoms with van der Waals surface area (Å²) in [6.45, 7) is 1.68. The van der Waals surface area contributed by atoms with Crippen LogP contribution in [-0.2, 0) is 0 Å². The first-order valence-electron chi connectivity index (χ1n) is 10.0. The van der Waals surface area contributed by atoms with Gasteiger partial charge in [0, 0.05) is 22.0 Å². The minimum Gasteiger partial charge on any atom is -0.508 e. The number of hydrogen-bond donors (Lipinski definition) is 2. The van der Waals surface area contributed by atoms with E-state index in [1.165, 1.54) is 24.3 Å². The summed E-state index contributed by atoms with van der Waals surface area (Å²) in [6, 6.07) is 15.9. The van der Waals surface area contributed by atoms with Gasteiger partial charge >= 0.3 is 6.36 Å². The molecule has 0 bridgehead atoms. The van der Waals surface area contributed by atoms with Crippen LogP contribution in [0, 0.1) is 6.92 Å². The maximum Gasteiger partial charge on any atom is 0.573 e. The Morgan fingerprint density at radius 1 is 1.03 bits per heavy atom. The SMILES string of the molecule is Cc1c(C(=O)Nc2ccc(OC(F)(F)F)cc2)nc(-c2ccc(Cl)cc2Cl)n1-c1ccc(O)cc1. The molecule has 0 fully saturated rings. The van der Waals surface area contributed by atoms with Gasteiger partial charge in [0.2, 0.25) is 0 Å². The van der Waals surface area contributed by atoms with Crippen molar-refractivity contribution in [1.82, 2.24) is 9.55 Å². The van der Waals surface area contributed by atoms with Crippen molar-refractivity contribution in [3.63, 3.8) is 0 Å². The summed E-state index contributed by atoms with van der Waals surface area (Å²) in [4.78, 5) is 17.6. The molecule has 180 valence electrons. The number of ether oxygens (including phenoxy) is 1. The molecule has 4 rings (SSSR count). The summed E-state index contributed by atoms with van der Waals surface area (Å²) in [5.74, 6) is -0.582. The van der Waals surface area contributed by atoms with Crippen molar-refractivity contribution in [1.29, 1.82) is 0 Å². The largest absolute Gasteiger partial charge is 0.573 e. The first kappa shape index (κ1) is 24.4.